The van der Waals surface area contributed by atoms with Crippen LogP contribution in [0.3, 0.4) is 0 Å². The van der Waals surface area contributed by atoms with Crippen LogP contribution in [0.4, 0.5) is 0 Å². The lowest BCUT2D eigenvalue weighted by molar-refractivity contribution is 3.91. The predicted molar refractivity (Wildman–Crippen MR) is 38.5 cm³/mol. The summed E-state index contributed by atoms with van der Waals surface area (Å²) >= 11 is 0. The molecule has 0 radical (unpaired) electrons. The molecule has 0 aliphatic rings. The van der Waals surface area contributed by atoms with Crippen LogP contribution >= 0.6 is 0 Å². The molecule has 0 aromatic carbocycles. The van der Waals surface area contributed by atoms with Crippen LogP contribution in [0.1, 0.15) is 0 Å². The van der Waals surface area contributed by atoms with Crippen molar-refractivity contribution >= 4 is 36.7 Å². The SMILES string of the molecule is BBB(B)B. The predicted octanol–water partition coefficient (Wildman–Crippen LogP) is -3.78. The van der Waals surface area contributed by atoms with Crippen molar-refractivity contribution in [2.75, 3.05) is 0 Å². The van der Waals surface area contributed by atoms with Crippen LogP contribution in [0.2, 0.25) is 0 Å². The summed E-state index contributed by atoms with van der Waals surface area (Å²) in [6.07, 6.45) is 0.884. The second-order valence-corrected chi connectivity index (χ2v) is 1.80. The van der Waals surface area contributed by atoms with Crippen LogP contribution in [0.5, 0.6) is 0 Å². The highest BCUT2D eigenvalue weighted by Crippen LogP contribution is 1.47. The first-order chi connectivity index (χ1) is 2.27. The molecule has 0 fully saturated rings. The van der Waals surface area contributed by atoms with E-state index in [0.717, 1.165) is 6.39 Å². The van der Waals surface area contributed by atoms with Crippen molar-refractivity contribution in [2.45, 2.75) is 0 Å². The molecule has 0 rings (SSSR count). The van der Waals surface area contributed by atoms with E-state index in [1.54, 1.807) is 0 Å². The Morgan fingerprint density at radius 2 is 1.60 bits per heavy atom. The minimum atomic E-state index is 0.884. The monoisotopic (exact) mass is 62.1 g/mol. The van der Waals surface area contributed by atoms with Crippen molar-refractivity contribution in [3.05, 3.63) is 0 Å². The summed E-state index contributed by atoms with van der Waals surface area (Å²) in [6, 6.07) is 0. The lowest BCUT2D eigenvalue weighted by Gasteiger charge is -1.81. The number of rotatable bonds is 1. The fourth-order valence-electron chi connectivity index (χ4n) is 0. The molecule has 0 spiro atoms. The molecule has 0 heterocycles. The second-order valence-electron chi connectivity index (χ2n) is 1.80. The van der Waals surface area contributed by atoms with E-state index in [1.165, 1.54) is 7.06 Å². The standard InChI is InChI=1S/B5H7/c1-4-5(2)3/h4H,1-3H2. The molecule has 0 atom stereocenters. The van der Waals surface area contributed by atoms with Crippen LogP contribution in [-0.4, -0.2) is 36.7 Å². The van der Waals surface area contributed by atoms with Crippen molar-refractivity contribution < 1.29 is 0 Å². The maximum absolute atomic E-state index is 2.22. The van der Waals surface area contributed by atoms with E-state index in [1.807, 2.05) is 0 Å². The highest BCUT2D eigenvalue weighted by molar-refractivity contribution is 7.60. The molecule has 0 unspecified atom stereocenters. The summed E-state index contributed by atoms with van der Waals surface area (Å²) in [5.74, 6) is 0. The van der Waals surface area contributed by atoms with Crippen molar-refractivity contribution in [3.63, 3.8) is 0 Å². The van der Waals surface area contributed by atoms with Gasteiger partial charge in [0.25, 0.3) is 0 Å². The molecular formula is H7B5. The van der Waals surface area contributed by atoms with Gasteiger partial charge in [0.15, 0.2) is 0 Å². The first-order valence-corrected chi connectivity index (χ1v) is 2.27. The summed E-state index contributed by atoms with van der Waals surface area (Å²) < 4.78 is 0. The Morgan fingerprint density at radius 1 is 1.40 bits per heavy atom. The van der Waals surface area contributed by atoms with E-state index in [-0.39, 0.29) is 0 Å². The Balaban J connectivity index is 2.54. The van der Waals surface area contributed by atoms with Gasteiger partial charge >= 0.3 is 0 Å². The molecule has 0 aromatic rings. The van der Waals surface area contributed by atoms with Crippen molar-refractivity contribution in [2.24, 2.45) is 0 Å². The number of hydrogen-bond acceptors (Lipinski definition) is 0. The Bertz CT molecular complexity index is 14.0. The van der Waals surface area contributed by atoms with Gasteiger partial charge in [-0.25, -0.2) is 0 Å². The molecule has 0 aromatic heterocycles. The van der Waals surface area contributed by atoms with Crippen LogP contribution in [0.25, 0.3) is 0 Å². The molecule has 0 bridgehead atoms. The molecule has 5 heteroatoms. The van der Waals surface area contributed by atoms with Gasteiger partial charge in [0, 0.05) is 13.4 Å². The Morgan fingerprint density at radius 3 is 1.60 bits per heavy atom. The molecule has 0 aliphatic carbocycles. The van der Waals surface area contributed by atoms with E-state index >= 15 is 0 Å². The van der Waals surface area contributed by atoms with Gasteiger partial charge in [0.2, 0.25) is 0 Å². The quantitative estimate of drug-likeness (QED) is 0.273. The third-order valence-corrected chi connectivity index (χ3v) is 0.816. The smallest absolute Gasteiger partial charge is 0.0255 e. The van der Waals surface area contributed by atoms with E-state index < -0.39 is 0 Å². The van der Waals surface area contributed by atoms with E-state index in [0.29, 0.717) is 0 Å². The van der Waals surface area contributed by atoms with Gasteiger partial charge in [0.1, 0.15) is 0 Å². The summed E-state index contributed by atoms with van der Waals surface area (Å²) in [7, 11) is 7.95. The topological polar surface area (TPSA) is 0 Å². The first kappa shape index (κ1) is 5.32. The maximum atomic E-state index is 2.22. The van der Waals surface area contributed by atoms with Crippen molar-refractivity contribution in [3.8, 4) is 0 Å². The van der Waals surface area contributed by atoms with Gasteiger partial charge in [-0.05, 0) is 0 Å². The van der Waals surface area contributed by atoms with Gasteiger partial charge in [0.05, 0.1) is 23.2 Å². The molecular weight excluding hydrogens is 54.1 g/mol. The molecule has 0 amide bonds. The Hall–Kier alpha value is 0.325. The van der Waals surface area contributed by atoms with Gasteiger partial charge < -0.3 is 0 Å². The summed E-state index contributed by atoms with van der Waals surface area (Å²) in [5, 5.41) is 0. The van der Waals surface area contributed by atoms with E-state index in [2.05, 4.69) is 23.2 Å². The van der Waals surface area contributed by atoms with E-state index in [9.17, 15) is 0 Å². The normalized spacial score (nSPS) is 6.40. The molecule has 0 saturated heterocycles. The lowest BCUT2D eigenvalue weighted by Crippen LogP contribution is -2.23. The molecule has 22 valence electrons. The largest absolute Gasteiger partial charge is 0.0594 e. The van der Waals surface area contributed by atoms with Crippen molar-refractivity contribution in [1.29, 1.82) is 0 Å². The van der Waals surface area contributed by atoms with Gasteiger partial charge in [-0.15, -0.1) is 0 Å². The fraction of sp³-hybridized carbons (Fsp3) is 0. The molecule has 0 saturated carbocycles. The lowest BCUT2D eigenvalue weighted by atomic mass is 8.97. The van der Waals surface area contributed by atoms with Gasteiger partial charge in [-0.1, -0.05) is 0 Å². The van der Waals surface area contributed by atoms with Crippen LogP contribution in [-0.2, 0) is 0 Å². The Labute approximate surface area is 37.6 Å². The average Bonchev–Trinajstić information content (AvgIpc) is 1.38. The van der Waals surface area contributed by atoms with Crippen LogP contribution in [0, 0.1) is 0 Å². The minimum Gasteiger partial charge on any atom is 0.0255 e. The highest BCUT2D eigenvalue weighted by atomic mass is 12.7. The third-order valence-electron chi connectivity index (χ3n) is 0.816. The van der Waals surface area contributed by atoms with Gasteiger partial charge in [-0.3, -0.25) is 0 Å². The molecule has 0 nitrogen and oxygen atoms in total. The molecule has 0 N–H and O–H groups in total. The zero-order valence-corrected chi connectivity index (χ0v) is 4.28. The second kappa shape index (κ2) is 2.56. The van der Waals surface area contributed by atoms with Crippen LogP contribution in [0.15, 0.2) is 0 Å². The fourth-order valence-corrected chi connectivity index (χ4v) is 0. The zero-order chi connectivity index (χ0) is 4.28. The average molecular weight is 61.1 g/mol. The molecule has 5 heavy (non-hydrogen) atoms. The summed E-state index contributed by atoms with van der Waals surface area (Å²) in [6.45, 7) is 0. The summed E-state index contributed by atoms with van der Waals surface area (Å²) in [5.41, 5.74) is 0. The van der Waals surface area contributed by atoms with Crippen LogP contribution < -0.4 is 0 Å². The van der Waals surface area contributed by atoms with E-state index in [4.69, 9.17) is 0 Å². The van der Waals surface area contributed by atoms with Crippen molar-refractivity contribution in [1.82, 2.24) is 0 Å². The molecule has 0 aliphatic heterocycles. The third kappa shape index (κ3) is 4.32. The highest BCUT2D eigenvalue weighted by Gasteiger charge is 1.89. The Kier molecular flexibility index (Phi) is 2.72. The minimum absolute atomic E-state index is 0.884. The first-order valence-electron chi connectivity index (χ1n) is 2.27. The van der Waals surface area contributed by atoms with Gasteiger partial charge in [-0.2, -0.15) is 0 Å². The number of hydrogen-bond donors (Lipinski definition) is 0. The summed E-state index contributed by atoms with van der Waals surface area (Å²) in [4.78, 5) is 0. The zero-order valence-electron chi connectivity index (χ0n) is 4.28. The maximum Gasteiger partial charge on any atom is 0.0594 e.